The summed E-state index contributed by atoms with van der Waals surface area (Å²) in [6.45, 7) is 0. The Labute approximate surface area is 167 Å². The minimum absolute atomic E-state index is 0.0101. The van der Waals surface area contributed by atoms with E-state index < -0.39 is 17.3 Å². The van der Waals surface area contributed by atoms with Crippen molar-refractivity contribution in [1.82, 2.24) is 19.4 Å². The fourth-order valence-corrected chi connectivity index (χ4v) is 3.15. The van der Waals surface area contributed by atoms with Crippen molar-refractivity contribution in [3.05, 3.63) is 47.8 Å². The maximum atomic E-state index is 13.7. The number of hydrogen-bond donors (Lipinski definition) is 1. The number of imidazole rings is 1. The topological polar surface area (TPSA) is 97.4 Å². The van der Waals surface area contributed by atoms with Crippen molar-refractivity contribution in [2.24, 2.45) is 0 Å². The first kappa shape index (κ1) is 19.3. The number of fused-ring (bicyclic) bond motifs is 3. The van der Waals surface area contributed by atoms with E-state index in [4.69, 9.17) is 9.47 Å². The second-order valence-corrected chi connectivity index (χ2v) is 6.08. The zero-order valence-electron chi connectivity index (χ0n) is 15.7. The van der Waals surface area contributed by atoms with Crippen molar-refractivity contribution >= 4 is 28.3 Å². The van der Waals surface area contributed by atoms with Gasteiger partial charge in [-0.3, -0.25) is 4.40 Å². The van der Waals surface area contributed by atoms with Crippen LogP contribution in [0.25, 0.3) is 16.7 Å². The van der Waals surface area contributed by atoms with Gasteiger partial charge in [-0.15, -0.1) is 0 Å². The summed E-state index contributed by atoms with van der Waals surface area (Å²) < 4.78 is 52.9. The third kappa shape index (κ3) is 2.98. The van der Waals surface area contributed by atoms with Gasteiger partial charge in [-0.2, -0.15) is 23.4 Å². The van der Waals surface area contributed by atoms with Crippen molar-refractivity contribution in [3.8, 4) is 17.7 Å². The fraction of sp³-hybridized carbons (Fsp3) is 0.158. The molecule has 1 N–H and O–H groups in total. The Kier molecular flexibility index (Phi) is 4.54. The molecular weight excluding hydrogens is 401 g/mol. The molecule has 4 aromatic rings. The number of nitrogens with zero attached hydrogens (tertiary/aromatic N) is 5. The van der Waals surface area contributed by atoms with Gasteiger partial charge in [0.15, 0.2) is 11.5 Å². The van der Waals surface area contributed by atoms with E-state index >= 15 is 0 Å². The first-order valence-corrected chi connectivity index (χ1v) is 8.50. The monoisotopic (exact) mass is 414 g/mol. The number of pyridine rings is 1. The number of hydrogen-bond acceptors (Lipinski definition) is 7. The zero-order chi connectivity index (χ0) is 21.5. The van der Waals surface area contributed by atoms with Gasteiger partial charge in [0.1, 0.15) is 23.8 Å². The number of nitrogens with one attached hydrogen (secondary N) is 1. The van der Waals surface area contributed by atoms with Gasteiger partial charge in [-0.25, -0.2) is 9.97 Å². The number of nitriles is 1. The van der Waals surface area contributed by atoms with Gasteiger partial charge in [0.05, 0.1) is 30.8 Å². The van der Waals surface area contributed by atoms with Gasteiger partial charge in [-0.1, -0.05) is 12.1 Å². The molecule has 1 aromatic carbocycles. The number of aromatic nitrogens is 4. The van der Waals surface area contributed by atoms with Crippen LogP contribution in [0.15, 0.2) is 36.7 Å². The number of halogens is 3. The summed E-state index contributed by atoms with van der Waals surface area (Å²) in [5, 5.41) is 12.3. The van der Waals surface area contributed by atoms with Gasteiger partial charge in [0, 0.05) is 0 Å². The molecule has 3 heterocycles. The van der Waals surface area contributed by atoms with Crippen LogP contribution in [0, 0.1) is 11.3 Å². The maximum absolute atomic E-state index is 13.7. The third-order valence-electron chi connectivity index (χ3n) is 4.41. The van der Waals surface area contributed by atoms with Gasteiger partial charge in [0.25, 0.3) is 5.88 Å². The Hall–Kier alpha value is -4.07. The smallest absolute Gasteiger partial charge is 0.417 e. The van der Waals surface area contributed by atoms with Crippen molar-refractivity contribution in [1.29, 1.82) is 5.26 Å². The number of benzene rings is 1. The molecular formula is C19H13F3N6O2. The van der Waals surface area contributed by atoms with E-state index in [0.717, 1.165) is 6.07 Å². The van der Waals surface area contributed by atoms with Gasteiger partial charge in [-0.05, 0) is 18.2 Å². The summed E-state index contributed by atoms with van der Waals surface area (Å²) in [4.78, 5) is 12.2. The molecule has 0 atom stereocenters. The van der Waals surface area contributed by atoms with Gasteiger partial charge in [0.2, 0.25) is 5.75 Å². The third-order valence-corrected chi connectivity index (χ3v) is 4.41. The van der Waals surface area contributed by atoms with Crippen LogP contribution in [0.4, 0.5) is 24.8 Å². The van der Waals surface area contributed by atoms with E-state index in [1.165, 1.54) is 24.9 Å². The molecule has 0 unspecified atom stereocenters. The molecule has 0 radical (unpaired) electrons. The molecule has 0 aliphatic heterocycles. The highest BCUT2D eigenvalue weighted by molar-refractivity contribution is 5.86. The zero-order valence-corrected chi connectivity index (χ0v) is 15.7. The second-order valence-electron chi connectivity index (χ2n) is 6.08. The molecule has 152 valence electrons. The summed E-state index contributed by atoms with van der Waals surface area (Å²) in [5.74, 6) is 0.284. The summed E-state index contributed by atoms with van der Waals surface area (Å²) in [6, 6.07) is 9.24. The standard InChI is InChI=1S/C19H13F3N6O2/c1-29-15-16(24-9-25-18(15)30-2)27-14-7-11(19(20,21)22)10(8-23)17-26-12-5-3-4-6-13(12)28(14)17/h3-7,9H,1-2H3,(H,24,25,27). The number of anilines is 2. The maximum Gasteiger partial charge on any atom is 0.417 e. The highest BCUT2D eigenvalue weighted by Gasteiger charge is 2.36. The molecule has 0 fully saturated rings. The number of ether oxygens (including phenoxy) is 2. The van der Waals surface area contributed by atoms with Crippen LogP contribution in [0.2, 0.25) is 0 Å². The highest BCUT2D eigenvalue weighted by atomic mass is 19.4. The summed E-state index contributed by atoms with van der Waals surface area (Å²) in [6.07, 6.45) is -3.59. The average Bonchev–Trinajstić information content (AvgIpc) is 3.12. The Balaban J connectivity index is 2.06. The van der Waals surface area contributed by atoms with E-state index in [9.17, 15) is 18.4 Å². The molecule has 0 bridgehead atoms. The molecule has 0 spiro atoms. The van der Waals surface area contributed by atoms with Crippen LogP contribution >= 0.6 is 0 Å². The van der Waals surface area contributed by atoms with Crippen LogP contribution in [0.3, 0.4) is 0 Å². The quantitative estimate of drug-likeness (QED) is 0.540. The van der Waals surface area contributed by atoms with Crippen LogP contribution < -0.4 is 14.8 Å². The predicted molar refractivity (Wildman–Crippen MR) is 101 cm³/mol. The second kappa shape index (κ2) is 7.07. The predicted octanol–water partition coefficient (Wildman–Crippen LogP) is 3.93. The van der Waals surface area contributed by atoms with Gasteiger partial charge >= 0.3 is 6.18 Å². The number of para-hydroxylation sites is 2. The lowest BCUT2D eigenvalue weighted by Gasteiger charge is -2.16. The Morgan fingerprint density at radius 1 is 1.13 bits per heavy atom. The number of methoxy groups -OCH3 is 2. The normalized spacial score (nSPS) is 11.5. The molecule has 3 aromatic heterocycles. The number of rotatable bonds is 4. The highest BCUT2D eigenvalue weighted by Crippen LogP contribution is 2.39. The van der Waals surface area contributed by atoms with Gasteiger partial charge < -0.3 is 14.8 Å². The lowest BCUT2D eigenvalue weighted by atomic mass is 10.1. The van der Waals surface area contributed by atoms with E-state index in [1.54, 1.807) is 30.3 Å². The lowest BCUT2D eigenvalue weighted by Crippen LogP contribution is -2.12. The molecule has 0 aliphatic rings. The van der Waals surface area contributed by atoms with Crippen molar-refractivity contribution < 1.29 is 22.6 Å². The first-order chi connectivity index (χ1) is 14.4. The molecule has 0 saturated heterocycles. The van der Waals surface area contributed by atoms with Crippen molar-refractivity contribution in [2.75, 3.05) is 19.5 Å². The lowest BCUT2D eigenvalue weighted by molar-refractivity contribution is -0.137. The van der Waals surface area contributed by atoms with Crippen molar-refractivity contribution in [3.63, 3.8) is 0 Å². The SMILES string of the molecule is COc1ncnc(Nc2cc(C(F)(F)F)c(C#N)c3nc4ccccc4n23)c1OC. The molecule has 0 saturated carbocycles. The summed E-state index contributed by atoms with van der Waals surface area (Å²) in [7, 11) is 2.73. The minimum atomic E-state index is -4.77. The average molecular weight is 414 g/mol. The molecule has 4 rings (SSSR count). The van der Waals surface area contributed by atoms with E-state index in [-0.39, 0.29) is 28.9 Å². The number of alkyl halides is 3. The molecule has 8 nitrogen and oxygen atoms in total. The van der Waals surface area contributed by atoms with Crippen LogP contribution in [0.1, 0.15) is 11.1 Å². The fourth-order valence-electron chi connectivity index (χ4n) is 3.15. The van der Waals surface area contributed by atoms with Crippen LogP contribution in [0.5, 0.6) is 11.6 Å². The Bertz CT molecular complexity index is 1310. The largest absolute Gasteiger partial charge is 0.489 e. The molecule has 11 heteroatoms. The van der Waals surface area contributed by atoms with E-state index in [2.05, 4.69) is 20.3 Å². The van der Waals surface area contributed by atoms with E-state index in [0.29, 0.717) is 11.0 Å². The van der Waals surface area contributed by atoms with Crippen LogP contribution in [-0.4, -0.2) is 33.6 Å². The Morgan fingerprint density at radius 3 is 2.57 bits per heavy atom. The van der Waals surface area contributed by atoms with E-state index in [1.807, 2.05) is 0 Å². The first-order valence-electron chi connectivity index (χ1n) is 8.50. The molecule has 30 heavy (non-hydrogen) atoms. The molecule has 0 amide bonds. The van der Waals surface area contributed by atoms with Crippen molar-refractivity contribution in [2.45, 2.75) is 6.18 Å². The summed E-state index contributed by atoms with van der Waals surface area (Å²) >= 11 is 0. The Morgan fingerprint density at radius 2 is 1.90 bits per heavy atom. The minimum Gasteiger partial charge on any atom is -0.489 e. The summed E-state index contributed by atoms with van der Waals surface area (Å²) in [5.41, 5.74) is -0.869. The van der Waals surface area contributed by atoms with Crippen LogP contribution in [-0.2, 0) is 6.18 Å². The molecule has 0 aliphatic carbocycles.